The van der Waals surface area contributed by atoms with Crippen molar-refractivity contribution in [1.29, 1.82) is 0 Å². The summed E-state index contributed by atoms with van der Waals surface area (Å²) in [4.78, 5) is 7.03. The molecule has 1 saturated carbocycles. The fraction of sp³-hybridized carbons (Fsp3) is 0.944. The topological polar surface area (TPSA) is 46.1 Å². The van der Waals surface area contributed by atoms with E-state index < -0.39 is 0 Å². The van der Waals surface area contributed by atoms with Crippen LogP contribution in [0.5, 0.6) is 0 Å². The molecule has 0 spiro atoms. The predicted octanol–water partition coefficient (Wildman–Crippen LogP) is 3.38. The highest BCUT2D eigenvalue weighted by Crippen LogP contribution is 2.28. The van der Waals surface area contributed by atoms with Gasteiger partial charge in [0.2, 0.25) is 0 Å². The third kappa shape index (κ3) is 10.7. The molecule has 144 valence electrons. The fourth-order valence-corrected chi connectivity index (χ4v) is 3.05. The van der Waals surface area contributed by atoms with Gasteiger partial charge in [-0.1, -0.05) is 19.8 Å². The third-order valence-electron chi connectivity index (χ3n) is 4.50. The molecule has 1 aliphatic rings. The van der Waals surface area contributed by atoms with Crippen molar-refractivity contribution in [3.63, 3.8) is 0 Å². The lowest BCUT2D eigenvalue weighted by atomic mass is 9.83. The molecular weight excluding hydrogens is 417 g/mol. The van der Waals surface area contributed by atoms with Gasteiger partial charge >= 0.3 is 0 Å². The standard InChI is InChI=1S/C18H37N3O2.HI/c1-5-19-18(20-11-6-12-23-14-13-22-4)21(3)15-17-9-7-16(2)8-10-17;/h16-17H,5-15H2,1-4H3,(H,19,20);1H. The zero-order valence-corrected chi connectivity index (χ0v) is 18.4. The summed E-state index contributed by atoms with van der Waals surface area (Å²) in [7, 11) is 3.85. The number of hydrogen-bond acceptors (Lipinski definition) is 3. The summed E-state index contributed by atoms with van der Waals surface area (Å²) in [6, 6.07) is 0. The number of aliphatic imine (C=N–C) groups is 1. The Labute approximate surface area is 166 Å². The lowest BCUT2D eigenvalue weighted by Crippen LogP contribution is -2.42. The van der Waals surface area contributed by atoms with E-state index in [-0.39, 0.29) is 24.0 Å². The molecule has 0 aromatic carbocycles. The molecule has 1 fully saturated rings. The minimum atomic E-state index is 0. The van der Waals surface area contributed by atoms with E-state index in [0.717, 1.165) is 50.5 Å². The largest absolute Gasteiger partial charge is 0.382 e. The Bertz CT molecular complexity index is 321. The molecule has 0 aromatic rings. The maximum atomic E-state index is 5.48. The van der Waals surface area contributed by atoms with Gasteiger partial charge in [-0.3, -0.25) is 4.99 Å². The lowest BCUT2D eigenvalue weighted by Gasteiger charge is -2.31. The molecule has 5 nitrogen and oxygen atoms in total. The van der Waals surface area contributed by atoms with Gasteiger partial charge in [-0.15, -0.1) is 24.0 Å². The van der Waals surface area contributed by atoms with Crippen molar-refractivity contribution in [3.8, 4) is 0 Å². The van der Waals surface area contributed by atoms with Gasteiger partial charge in [0.15, 0.2) is 5.96 Å². The van der Waals surface area contributed by atoms with E-state index in [1.165, 1.54) is 25.7 Å². The van der Waals surface area contributed by atoms with Crippen LogP contribution in [0.15, 0.2) is 4.99 Å². The monoisotopic (exact) mass is 455 g/mol. The summed E-state index contributed by atoms with van der Waals surface area (Å²) in [5.41, 5.74) is 0. The molecule has 1 N–H and O–H groups in total. The van der Waals surface area contributed by atoms with Crippen molar-refractivity contribution in [1.82, 2.24) is 10.2 Å². The highest BCUT2D eigenvalue weighted by molar-refractivity contribution is 14.0. The molecule has 0 heterocycles. The Morgan fingerprint density at radius 3 is 2.50 bits per heavy atom. The quantitative estimate of drug-likeness (QED) is 0.238. The van der Waals surface area contributed by atoms with Crippen LogP contribution in [-0.2, 0) is 9.47 Å². The molecule has 1 aliphatic carbocycles. The number of hydrogen-bond donors (Lipinski definition) is 1. The van der Waals surface area contributed by atoms with Gasteiger partial charge in [0, 0.05) is 40.4 Å². The summed E-state index contributed by atoms with van der Waals surface area (Å²) in [5, 5.41) is 3.41. The van der Waals surface area contributed by atoms with Gasteiger partial charge in [-0.2, -0.15) is 0 Å². The first-order valence-corrected chi connectivity index (χ1v) is 9.23. The van der Waals surface area contributed by atoms with Gasteiger partial charge in [-0.05, 0) is 38.0 Å². The molecule has 0 bridgehead atoms. The number of guanidine groups is 1. The van der Waals surface area contributed by atoms with E-state index in [1.807, 2.05) is 0 Å². The molecule has 0 aliphatic heterocycles. The van der Waals surface area contributed by atoms with Crippen molar-refractivity contribution < 1.29 is 9.47 Å². The molecule has 0 atom stereocenters. The Kier molecular flexibility index (Phi) is 15.1. The Morgan fingerprint density at radius 2 is 1.88 bits per heavy atom. The zero-order chi connectivity index (χ0) is 16.9. The fourth-order valence-electron chi connectivity index (χ4n) is 3.05. The van der Waals surface area contributed by atoms with Crippen LogP contribution in [-0.4, -0.2) is 64.5 Å². The zero-order valence-electron chi connectivity index (χ0n) is 16.1. The lowest BCUT2D eigenvalue weighted by molar-refractivity contribution is 0.0702. The molecule has 1 rings (SSSR count). The van der Waals surface area contributed by atoms with Crippen molar-refractivity contribution in [2.75, 3.05) is 53.6 Å². The molecule has 6 heteroatoms. The highest BCUT2D eigenvalue weighted by atomic mass is 127. The van der Waals surface area contributed by atoms with Gasteiger partial charge in [-0.25, -0.2) is 0 Å². The summed E-state index contributed by atoms with van der Waals surface area (Å²) < 4.78 is 10.4. The molecule has 0 aromatic heterocycles. The third-order valence-corrected chi connectivity index (χ3v) is 4.50. The maximum Gasteiger partial charge on any atom is 0.193 e. The van der Waals surface area contributed by atoms with Crippen molar-refractivity contribution in [2.45, 2.75) is 46.0 Å². The average Bonchev–Trinajstić information content (AvgIpc) is 2.55. The number of nitrogens with zero attached hydrogens (tertiary/aromatic N) is 2. The minimum absolute atomic E-state index is 0. The minimum Gasteiger partial charge on any atom is -0.382 e. The van der Waals surface area contributed by atoms with E-state index in [0.29, 0.717) is 13.2 Å². The molecule has 0 unspecified atom stereocenters. The molecule has 0 saturated heterocycles. The summed E-state index contributed by atoms with van der Waals surface area (Å²) in [5.74, 6) is 2.76. The van der Waals surface area contributed by atoms with Crippen LogP contribution >= 0.6 is 24.0 Å². The van der Waals surface area contributed by atoms with Crippen molar-refractivity contribution in [3.05, 3.63) is 0 Å². The number of ether oxygens (including phenoxy) is 2. The van der Waals surface area contributed by atoms with Crippen molar-refractivity contribution in [2.24, 2.45) is 16.8 Å². The summed E-state index contributed by atoms with van der Waals surface area (Å²) >= 11 is 0. The summed E-state index contributed by atoms with van der Waals surface area (Å²) in [6.45, 7) is 9.41. The Morgan fingerprint density at radius 1 is 1.17 bits per heavy atom. The molecule has 24 heavy (non-hydrogen) atoms. The highest BCUT2D eigenvalue weighted by Gasteiger charge is 2.20. The van der Waals surface area contributed by atoms with Gasteiger partial charge in [0.05, 0.1) is 13.2 Å². The van der Waals surface area contributed by atoms with Crippen LogP contribution in [0.25, 0.3) is 0 Å². The second-order valence-electron chi connectivity index (χ2n) is 6.70. The second kappa shape index (κ2) is 15.2. The van der Waals surface area contributed by atoms with Crippen LogP contribution in [0, 0.1) is 11.8 Å². The number of methoxy groups -OCH3 is 1. The van der Waals surface area contributed by atoms with Crippen LogP contribution in [0.2, 0.25) is 0 Å². The number of halogens is 1. The molecule has 0 radical (unpaired) electrons. The van der Waals surface area contributed by atoms with E-state index in [4.69, 9.17) is 14.5 Å². The van der Waals surface area contributed by atoms with Gasteiger partial charge < -0.3 is 19.7 Å². The van der Waals surface area contributed by atoms with Crippen LogP contribution in [0.1, 0.15) is 46.0 Å². The van der Waals surface area contributed by atoms with E-state index in [9.17, 15) is 0 Å². The van der Waals surface area contributed by atoms with Gasteiger partial charge in [0.1, 0.15) is 0 Å². The van der Waals surface area contributed by atoms with Crippen LogP contribution in [0.3, 0.4) is 0 Å². The van der Waals surface area contributed by atoms with Crippen LogP contribution < -0.4 is 5.32 Å². The van der Waals surface area contributed by atoms with Crippen molar-refractivity contribution >= 4 is 29.9 Å². The van der Waals surface area contributed by atoms with E-state index in [1.54, 1.807) is 7.11 Å². The second-order valence-corrected chi connectivity index (χ2v) is 6.70. The normalized spacial score (nSPS) is 21.2. The number of rotatable bonds is 10. The first-order valence-electron chi connectivity index (χ1n) is 9.23. The molecule has 0 amide bonds. The predicted molar refractivity (Wildman–Crippen MR) is 112 cm³/mol. The van der Waals surface area contributed by atoms with Crippen LogP contribution in [0.4, 0.5) is 0 Å². The number of nitrogens with one attached hydrogen (secondary N) is 1. The maximum absolute atomic E-state index is 5.48. The summed E-state index contributed by atoms with van der Waals surface area (Å²) in [6.07, 6.45) is 6.43. The first-order chi connectivity index (χ1) is 11.2. The Hall–Kier alpha value is -0.0800. The SMILES string of the molecule is CCNC(=NCCCOCCOC)N(C)CC1CCC(C)CC1.I. The Balaban J connectivity index is 0.00000529. The van der Waals surface area contributed by atoms with Gasteiger partial charge in [0.25, 0.3) is 0 Å². The van der Waals surface area contributed by atoms with E-state index in [2.05, 4.69) is 31.1 Å². The van der Waals surface area contributed by atoms with E-state index >= 15 is 0 Å². The first kappa shape index (κ1) is 23.9. The average molecular weight is 455 g/mol. The smallest absolute Gasteiger partial charge is 0.193 e. The molecular formula is C18H38IN3O2.